The Labute approximate surface area is 146 Å². The molecule has 25 heavy (non-hydrogen) atoms. The van der Waals surface area contributed by atoms with Crippen molar-refractivity contribution in [2.45, 2.75) is 13.5 Å². The number of aromatic nitrogens is 1. The standard InChI is InChI=1S/C19H18N2O4/c1-14-11-16(12-21-17(14)18(22)24-2)9-6-10-20-19(23)25-13-15-7-4-3-5-8-15/h3-5,7-8,11-12H,10,13H2,1-2H3,(H,20,23). The molecule has 0 aliphatic heterocycles. The highest BCUT2D eigenvalue weighted by Crippen LogP contribution is 2.08. The Hall–Kier alpha value is -3.33. The summed E-state index contributed by atoms with van der Waals surface area (Å²) in [7, 11) is 1.31. The number of nitrogens with one attached hydrogen (secondary N) is 1. The molecule has 0 bridgehead atoms. The number of amides is 1. The van der Waals surface area contributed by atoms with Gasteiger partial charge in [-0.2, -0.15) is 0 Å². The van der Waals surface area contributed by atoms with Crippen molar-refractivity contribution in [1.82, 2.24) is 10.3 Å². The first-order chi connectivity index (χ1) is 12.1. The first kappa shape index (κ1) is 18.0. The number of esters is 1. The van der Waals surface area contributed by atoms with Crippen LogP contribution in [0.15, 0.2) is 42.6 Å². The lowest BCUT2D eigenvalue weighted by atomic mass is 10.1. The van der Waals surface area contributed by atoms with Crippen molar-refractivity contribution in [3.05, 3.63) is 65.0 Å². The molecule has 0 spiro atoms. The van der Waals surface area contributed by atoms with E-state index in [2.05, 4.69) is 26.9 Å². The number of benzene rings is 1. The van der Waals surface area contributed by atoms with Crippen LogP contribution in [0.4, 0.5) is 4.79 Å². The highest BCUT2D eigenvalue weighted by molar-refractivity contribution is 5.88. The number of ether oxygens (including phenoxy) is 2. The number of aryl methyl sites for hydroxylation is 1. The van der Waals surface area contributed by atoms with E-state index in [1.54, 1.807) is 13.0 Å². The van der Waals surface area contributed by atoms with Crippen molar-refractivity contribution in [3.63, 3.8) is 0 Å². The smallest absolute Gasteiger partial charge is 0.408 e. The highest BCUT2D eigenvalue weighted by atomic mass is 16.5. The molecule has 6 heteroatoms. The molecule has 1 amide bonds. The minimum Gasteiger partial charge on any atom is -0.464 e. The number of nitrogens with zero attached hydrogens (tertiary/aromatic N) is 1. The van der Waals surface area contributed by atoms with Gasteiger partial charge < -0.3 is 14.8 Å². The van der Waals surface area contributed by atoms with E-state index >= 15 is 0 Å². The van der Waals surface area contributed by atoms with Gasteiger partial charge in [0.05, 0.1) is 13.7 Å². The largest absolute Gasteiger partial charge is 0.464 e. The normalized spacial score (nSPS) is 9.52. The van der Waals surface area contributed by atoms with Gasteiger partial charge in [-0.15, -0.1) is 0 Å². The molecule has 0 aliphatic rings. The van der Waals surface area contributed by atoms with Gasteiger partial charge in [0.1, 0.15) is 6.61 Å². The second-order valence-corrected chi connectivity index (χ2v) is 5.10. The van der Waals surface area contributed by atoms with E-state index in [0.29, 0.717) is 11.1 Å². The fourth-order valence-electron chi connectivity index (χ4n) is 1.99. The van der Waals surface area contributed by atoms with Gasteiger partial charge in [0.2, 0.25) is 0 Å². The summed E-state index contributed by atoms with van der Waals surface area (Å²) in [5, 5.41) is 2.55. The topological polar surface area (TPSA) is 77.5 Å². The predicted molar refractivity (Wildman–Crippen MR) is 91.8 cm³/mol. The van der Waals surface area contributed by atoms with E-state index in [9.17, 15) is 9.59 Å². The minimum atomic E-state index is -0.534. The molecular formula is C19H18N2O4. The van der Waals surface area contributed by atoms with Crippen LogP contribution in [0.5, 0.6) is 0 Å². The summed E-state index contributed by atoms with van der Waals surface area (Å²) in [5.74, 6) is 5.18. The van der Waals surface area contributed by atoms with Gasteiger partial charge in [0.25, 0.3) is 0 Å². The molecule has 0 atom stereocenters. The number of pyridine rings is 1. The van der Waals surface area contributed by atoms with Gasteiger partial charge in [-0.3, -0.25) is 0 Å². The molecule has 2 aromatic rings. The molecule has 0 fully saturated rings. The summed E-state index contributed by atoms with van der Waals surface area (Å²) in [5.41, 5.74) is 2.49. The number of methoxy groups -OCH3 is 1. The Morgan fingerprint density at radius 2 is 2.00 bits per heavy atom. The number of carbonyl (C=O) groups excluding carboxylic acids is 2. The average Bonchev–Trinajstić information content (AvgIpc) is 2.64. The molecule has 6 nitrogen and oxygen atoms in total. The summed E-state index contributed by atoms with van der Waals surface area (Å²) >= 11 is 0. The third-order valence-corrected chi connectivity index (χ3v) is 3.22. The van der Waals surface area contributed by atoms with Crippen molar-refractivity contribution in [2.75, 3.05) is 13.7 Å². The van der Waals surface area contributed by atoms with Crippen LogP contribution in [-0.2, 0) is 16.1 Å². The SMILES string of the molecule is COC(=O)c1ncc(C#CCNC(=O)OCc2ccccc2)cc1C. The Morgan fingerprint density at radius 3 is 2.68 bits per heavy atom. The van der Waals surface area contributed by atoms with E-state index in [1.165, 1.54) is 13.3 Å². The van der Waals surface area contributed by atoms with Crippen LogP contribution in [0.2, 0.25) is 0 Å². The van der Waals surface area contributed by atoms with Gasteiger partial charge in [0.15, 0.2) is 5.69 Å². The lowest BCUT2D eigenvalue weighted by molar-refractivity contribution is 0.0593. The molecule has 0 radical (unpaired) electrons. The molecule has 128 valence electrons. The maximum absolute atomic E-state index is 11.6. The third-order valence-electron chi connectivity index (χ3n) is 3.22. The van der Waals surface area contributed by atoms with Crippen LogP contribution in [0, 0.1) is 18.8 Å². The molecule has 1 aromatic carbocycles. The minimum absolute atomic E-state index is 0.144. The number of hydrogen-bond acceptors (Lipinski definition) is 5. The van der Waals surface area contributed by atoms with Crippen molar-refractivity contribution in [1.29, 1.82) is 0 Å². The Kier molecular flexibility index (Phi) is 6.55. The van der Waals surface area contributed by atoms with Crippen molar-refractivity contribution in [3.8, 4) is 11.8 Å². The monoisotopic (exact) mass is 338 g/mol. The van der Waals surface area contributed by atoms with Gasteiger partial charge in [-0.25, -0.2) is 14.6 Å². The van der Waals surface area contributed by atoms with E-state index in [-0.39, 0.29) is 18.8 Å². The molecule has 1 N–H and O–H groups in total. The zero-order valence-corrected chi connectivity index (χ0v) is 14.0. The van der Waals surface area contributed by atoms with Gasteiger partial charge in [0, 0.05) is 11.8 Å². The van der Waals surface area contributed by atoms with Crippen molar-refractivity contribution < 1.29 is 19.1 Å². The summed E-state index contributed by atoms with van der Waals surface area (Å²) in [4.78, 5) is 27.1. The number of carbonyl (C=O) groups is 2. The van der Waals surface area contributed by atoms with Gasteiger partial charge in [-0.05, 0) is 24.1 Å². The summed E-state index contributed by atoms with van der Waals surface area (Å²) < 4.78 is 9.71. The Bertz CT molecular complexity index is 807. The molecular weight excluding hydrogens is 320 g/mol. The maximum Gasteiger partial charge on any atom is 0.408 e. The van der Waals surface area contributed by atoms with Gasteiger partial charge >= 0.3 is 12.1 Å². The van der Waals surface area contributed by atoms with E-state index in [0.717, 1.165) is 5.56 Å². The number of hydrogen-bond donors (Lipinski definition) is 1. The van der Waals surface area contributed by atoms with Crippen LogP contribution in [-0.4, -0.2) is 30.7 Å². The molecule has 2 rings (SSSR count). The van der Waals surface area contributed by atoms with Crippen LogP contribution in [0.1, 0.15) is 27.2 Å². The van der Waals surface area contributed by atoms with Crippen LogP contribution < -0.4 is 5.32 Å². The molecule has 1 aromatic heterocycles. The average molecular weight is 338 g/mol. The van der Waals surface area contributed by atoms with E-state index in [4.69, 9.17) is 4.74 Å². The zero-order chi connectivity index (χ0) is 18.1. The van der Waals surface area contributed by atoms with E-state index < -0.39 is 12.1 Å². The summed E-state index contributed by atoms with van der Waals surface area (Å²) in [6, 6.07) is 11.1. The van der Waals surface area contributed by atoms with Crippen LogP contribution >= 0.6 is 0 Å². The molecule has 0 saturated heterocycles. The Balaban J connectivity index is 1.81. The lowest BCUT2D eigenvalue weighted by Crippen LogP contribution is -2.24. The first-order valence-electron chi connectivity index (χ1n) is 7.58. The number of alkyl carbamates (subject to hydrolysis) is 1. The highest BCUT2D eigenvalue weighted by Gasteiger charge is 2.10. The van der Waals surface area contributed by atoms with Gasteiger partial charge in [-0.1, -0.05) is 42.2 Å². The Morgan fingerprint density at radius 1 is 1.24 bits per heavy atom. The van der Waals surface area contributed by atoms with E-state index in [1.807, 2.05) is 30.3 Å². The second kappa shape index (κ2) is 9.08. The zero-order valence-electron chi connectivity index (χ0n) is 14.0. The van der Waals surface area contributed by atoms with Crippen molar-refractivity contribution >= 4 is 12.1 Å². The molecule has 0 saturated carbocycles. The fourth-order valence-corrected chi connectivity index (χ4v) is 1.99. The van der Waals surface area contributed by atoms with Crippen LogP contribution in [0.3, 0.4) is 0 Å². The summed E-state index contributed by atoms with van der Waals surface area (Å²) in [6.45, 7) is 2.10. The second-order valence-electron chi connectivity index (χ2n) is 5.10. The van der Waals surface area contributed by atoms with Crippen LogP contribution in [0.25, 0.3) is 0 Å². The predicted octanol–water partition coefficient (Wildman–Crippen LogP) is 2.45. The molecule has 0 aliphatic carbocycles. The number of rotatable bonds is 4. The maximum atomic E-state index is 11.6. The molecule has 1 heterocycles. The van der Waals surface area contributed by atoms with Crippen molar-refractivity contribution in [2.24, 2.45) is 0 Å². The quantitative estimate of drug-likeness (QED) is 0.684. The summed E-state index contributed by atoms with van der Waals surface area (Å²) in [6.07, 6.45) is 0.952. The first-order valence-corrected chi connectivity index (χ1v) is 7.58. The molecule has 0 unspecified atom stereocenters. The third kappa shape index (κ3) is 5.66. The fraction of sp³-hybridized carbons (Fsp3) is 0.211. The lowest BCUT2D eigenvalue weighted by Gasteiger charge is -2.04.